The molecule has 0 unspecified atom stereocenters. The lowest BCUT2D eigenvalue weighted by molar-refractivity contribution is -0.191. The number of aromatic nitrogens is 1. The predicted molar refractivity (Wildman–Crippen MR) is 72.1 cm³/mol. The molecule has 118 valence electrons. The van der Waals surface area contributed by atoms with E-state index >= 15 is 0 Å². The number of rotatable bonds is 0. The Morgan fingerprint density at radius 3 is 2.64 bits per heavy atom. The maximum absolute atomic E-state index is 12.5. The molecule has 2 aliphatic rings. The number of aromatic hydroxyl groups is 1. The maximum Gasteiger partial charge on any atom is 0.373 e. The minimum Gasteiger partial charge on any atom is -0.503 e. The first-order valence-corrected chi connectivity index (χ1v) is 6.79. The largest absolute Gasteiger partial charge is 0.503 e. The van der Waals surface area contributed by atoms with Gasteiger partial charge in [0.05, 0.1) is 13.2 Å². The van der Waals surface area contributed by atoms with Crippen molar-refractivity contribution in [3.05, 3.63) is 27.7 Å². The zero-order chi connectivity index (χ0) is 16.4. The normalized spacial score (nSPS) is 22.8. The van der Waals surface area contributed by atoms with Crippen LogP contribution in [0, 0.1) is 6.92 Å². The first-order valence-electron chi connectivity index (χ1n) is 6.79. The molecule has 8 nitrogen and oxygen atoms in total. The molecule has 3 heterocycles. The van der Waals surface area contributed by atoms with Gasteiger partial charge in [0, 0.05) is 17.8 Å². The Bertz CT molecular complexity index is 689. The van der Waals surface area contributed by atoms with Crippen LogP contribution in [0.3, 0.4) is 0 Å². The number of ether oxygens (including phenoxy) is 1. The summed E-state index contributed by atoms with van der Waals surface area (Å²) in [5, 5.41) is 9.95. The third-order valence-corrected chi connectivity index (χ3v) is 3.86. The minimum atomic E-state index is -0.483. The van der Waals surface area contributed by atoms with Gasteiger partial charge in [-0.25, -0.2) is 0 Å². The van der Waals surface area contributed by atoms with Gasteiger partial charge in [-0.1, -0.05) is 0 Å². The molecule has 0 aromatic carbocycles. The fourth-order valence-electron chi connectivity index (χ4n) is 2.80. The van der Waals surface area contributed by atoms with Crippen LogP contribution in [0.2, 0.25) is 0 Å². The molecule has 0 radical (unpaired) electrons. The highest BCUT2D eigenvalue weighted by molar-refractivity contribution is 5.96. The van der Waals surface area contributed by atoms with E-state index in [1.165, 1.54) is 0 Å². The smallest absolute Gasteiger partial charge is 0.373 e. The van der Waals surface area contributed by atoms with Crippen LogP contribution in [0.15, 0.2) is 11.0 Å². The van der Waals surface area contributed by atoms with Crippen LogP contribution in [-0.4, -0.2) is 45.5 Å². The summed E-state index contributed by atoms with van der Waals surface area (Å²) >= 11 is 0. The van der Waals surface area contributed by atoms with E-state index < -0.39 is 11.2 Å². The Morgan fingerprint density at radius 2 is 2.00 bits per heavy atom. The molecular formula is C14H16N2O6. The van der Waals surface area contributed by atoms with Crippen molar-refractivity contribution in [2.45, 2.75) is 39.1 Å². The SMILES string of the molecule is Cc1cn2c(c(O)c1=O)C(=O)N1[C@H](C)CCO[C@H]1C2.O=C=O. The van der Waals surface area contributed by atoms with Gasteiger partial charge in [0.15, 0.2) is 17.7 Å². The monoisotopic (exact) mass is 308 g/mol. The summed E-state index contributed by atoms with van der Waals surface area (Å²) in [6.45, 7) is 4.64. The van der Waals surface area contributed by atoms with E-state index in [2.05, 4.69) is 0 Å². The summed E-state index contributed by atoms with van der Waals surface area (Å²) < 4.78 is 7.23. The van der Waals surface area contributed by atoms with Crippen molar-refractivity contribution in [1.82, 2.24) is 9.47 Å². The Labute approximate surface area is 125 Å². The van der Waals surface area contributed by atoms with Crippen molar-refractivity contribution in [1.29, 1.82) is 0 Å². The quantitative estimate of drug-likeness (QED) is 0.715. The third-order valence-electron chi connectivity index (χ3n) is 3.86. The average Bonchev–Trinajstić information content (AvgIpc) is 2.45. The highest BCUT2D eigenvalue weighted by Gasteiger charge is 2.40. The van der Waals surface area contributed by atoms with Crippen LogP contribution in [0.5, 0.6) is 5.75 Å². The van der Waals surface area contributed by atoms with E-state index in [1.54, 1.807) is 22.6 Å². The zero-order valence-electron chi connectivity index (χ0n) is 12.2. The third kappa shape index (κ3) is 2.54. The molecule has 1 saturated heterocycles. The van der Waals surface area contributed by atoms with Gasteiger partial charge in [-0.05, 0) is 20.3 Å². The van der Waals surface area contributed by atoms with Crippen molar-refractivity contribution >= 4 is 12.1 Å². The second kappa shape index (κ2) is 6.13. The zero-order valence-corrected chi connectivity index (χ0v) is 12.2. The van der Waals surface area contributed by atoms with Gasteiger partial charge in [0.1, 0.15) is 0 Å². The van der Waals surface area contributed by atoms with Crippen molar-refractivity contribution in [2.24, 2.45) is 0 Å². The number of hydrogen-bond donors (Lipinski definition) is 1. The van der Waals surface area contributed by atoms with Crippen LogP contribution in [0.25, 0.3) is 0 Å². The van der Waals surface area contributed by atoms with Crippen LogP contribution in [0.1, 0.15) is 29.4 Å². The minimum absolute atomic E-state index is 0.0517. The lowest BCUT2D eigenvalue weighted by atomic mass is 10.1. The molecule has 8 heteroatoms. The molecule has 1 amide bonds. The molecule has 1 fully saturated rings. The Balaban J connectivity index is 0.000000545. The van der Waals surface area contributed by atoms with E-state index in [0.717, 1.165) is 6.42 Å². The van der Waals surface area contributed by atoms with Gasteiger partial charge in [-0.15, -0.1) is 0 Å². The number of fused-ring (bicyclic) bond motifs is 2. The number of pyridine rings is 1. The molecular weight excluding hydrogens is 292 g/mol. The van der Waals surface area contributed by atoms with E-state index in [9.17, 15) is 14.7 Å². The second-order valence-corrected chi connectivity index (χ2v) is 5.25. The molecule has 3 rings (SSSR count). The molecule has 0 saturated carbocycles. The van der Waals surface area contributed by atoms with E-state index in [0.29, 0.717) is 18.7 Å². The highest BCUT2D eigenvalue weighted by atomic mass is 16.5. The number of hydrogen-bond acceptors (Lipinski definition) is 6. The Morgan fingerprint density at radius 1 is 1.36 bits per heavy atom. The van der Waals surface area contributed by atoms with Gasteiger partial charge < -0.3 is 19.3 Å². The molecule has 1 aromatic rings. The maximum atomic E-state index is 12.5. The summed E-state index contributed by atoms with van der Waals surface area (Å²) in [6, 6.07) is 0.0517. The van der Waals surface area contributed by atoms with Crippen molar-refractivity contribution < 1.29 is 24.2 Å². The van der Waals surface area contributed by atoms with E-state index in [-0.39, 0.29) is 30.0 Å². The number of nitrogens with zero attached hydrogens (tertiary/aromatic N) is 2. The predicted octanol–water partition coefficient (Wildman–Crippen LogP) is -0.130. The molecule has 22 heavy (non-hydrogen) atoms. The number of aryl methyl sites for hydroxylation is 1. The molecule has 1 N–H and O–H groups in total. The summed E-state index contributed by atoms with van der Waals surface area (Å²) in [7, 11) is 0. The van der Waals surface area contributed by atoms with Gasteiger partial charge >= 0.3 is 6.15 Å². The Kier molecular flexibility index (Phi) is 4.44. The average molecular weight is 308 g/mol. The van der Waals surface area contributed by atoms with Crippen LogP contribution in [0.4, 0.5) is 0 Å². The standard InChI is InChI=1S/C13H16N2O4.CO2/c1-7-5-14-6-9-15(8(2)3-4-19-9)13(18)10(14)12(17)11(7)16;2-1-3/h5,8-9,17H,3-4,6H2,1-2H3;/t8-,9+;/m1./s1. The molecule has 0 spiro atoms. The van der Waals surface area contributed by atoms with E-state index in [1.807, 2.05) is 6.92 Å². The topological polar surface area (TPSA) is 106 Å². The van der Waals surface area contributed by atoms with E-state index in [4.69, 9.17) is 14.3 Å². The fourth-order valence-corrected chi connectivity index (χ4v) is 2.80. The van der Waals surface area contributed by atoms with Crippen LogP contribution >= 0.6 is 0 Å². The second-order valence-electron chi connectivity index (χ2n) is 5.25. The Hall–Kier alpha value is -2.44. The number of carbonyl (C=O) groups excluding carboxylic acids is 3. The molecule has 0 aliphatic carbocycles. The van der Waals surface area contributed by atoms with Gasteiger partial charge in [-0.3, -0.25) is 9.59 Å². The van der Waals surface area contributed by atoms with Crippen molar-refractivity contribution in [3.8, 4) is 5.75 Å². The molecule has 2 atom stereocenters. The lowest BCUT2D eigenvalue weighted by Crippen LogP contribution is -2.56. The van der Waals surface area contributed by atoms with Gasteiger partial charge in [-0.2, -0.15) is 9.59 Å². The number of carbonyl (C=O) groups is 1. The molecule has 0 bridgehead atoms. The molecule has 2 aliphatic heterocycles. The first kappa shape index (κ1) is 15.9. The summed E-state index contributed by atoms with van der Waals surface area (Å²) in [6.07, 6.45) is 2.30. The van der Waals surface area contributed by atoms with Crippen LogP contribution < -0.4 is 5.43 Å². The first-order chi connectivity index (χ1) is 10.4. The summed E-state index contributed by atoms with van der Waals surface area (Å²) in [5.74, 6) is -0.792. The van der Waals surface area contributed by atoms with Gasteiger partial charge in [0.25, 0.3) is 5.91 Å². The highest BCUT2D eigenvalue weighted by Crippen LogP contribution is 2.28. The summed E-state index contributed by atoms with van der Waals surface area (Å²) in [5.41, 5.74) is 0.0131. The summed E-state index contributed by atoms with van der Waals surface area (Å²) in [4.78, 5) is 42.1. The van der Waals surface area contributed by atoms with Crippen LogP contribution in [-0.2, 0) is 20.9 Å². The fraction of sp³-hybridized carbons (Fsp3) is 0.500. The molecule has 1 aromatic heterocycles. The number of amides is 1. The van der Waals surface area contributed by atoms with Crippen molar-refractivity contribution in [3.63, 3.8) is 0 Å². The van der Waals surface area contributed by atoms with Crippen molar-refractivity contribution in [2.75, 3.05) is 6.61 Å². The lowest BCUT2D eigenvalue weighted by Gasteiger charge is -2.44. The van der Waals surface area contributed by atoms with Gasteiger partial charge in [0.2, 0.25) is 5.43 Å².